The summed E-state index contributed by atoms with van der Waals surface area (Å²) in [5.74, 6) is 0.650. The van der Waals surface area contributed by atoms with Gasteiger partial charge < -0.3 is 15.4 Å². The van der Waals surface area contributed by atoms with Crippen molar-refractivity contribution < 1.29 is 9.53 Å². The number of benzene rings is 1. The maximum Gasteiger partial charge on any atom is 0.239 e. The molecule has 0 aromatic heterocycles. The number of carbonyl (C=O) groups excluding carboxylic acids is 1. The van der Waals surface area contributed by atoms with Crippen molar-refractivity contribution in [1.29, 1.82) is 0 Å². The van der Waals surface area contributed by atoms with Crippen molar-refractivity contribution in [2.24, 2.45) is 5.73 Å². The monoisotopic (exact) mass is 282 g/mol. The zero-order valence-corrected chi connectivity index (χ0v) is 11.8. The molecule has 1 aromatic rings. The molecule has 1 fully saturated rings. The molecule has 4 nitrogen and oxygen atoms in total. The Morgan fingerprint density at radius 1 is 1.53 bits per heavy atom. The Labute approximate surface area is 118 Å². The normalized spacial score (nSPS) is 21.0. The first-order valence-electron chi connectivity index (χ1n) is 6.53. The van der Waals surface area contributed by atoms with Crippen molar-refractivity contribution >= 4 is 17.5 Å². The fraction of sp³-hybridized carbons (Fsp3) is 0.500. The zero-order valence-electron chi connectivity index (χ0n) is 11.0. The molecule has 0 aliphatic carbocycles. The molecule has 19 heavy (non-hydrogen) atoms. The Kier molecular flexibility index (Phi) is 4.66. The average Bonchev–Trinajstić information content (AvgIpc) is 2.41. The van der Waals surface area contributed by atoms with Crippen LogP contribution < -0.4 is 10.5 Å². The smallest absolute Gasteiger partial charge is 0.239 e. The van der Waals surface area contributed by atoms with Crippen LogP contribution in [0.2, 0.25) is 5.02 Å². The van der Waals surface area contributed by atoms with Gasteiger partial charge in [-0.1, -0.05) is 23.7 Å². The van der Waals surface area contributed by atoms with Crippen LogP contribution in [-0.2, 0) is 4.79 Å². The molecule has 5 heteroatoms. The highest BCUT2D eigenvalue weighted by Gasteiger charge is 2.26. The van der Waals surface area contributed by atoms with Crippen LogP contribution in [0.1, 0.15) is 19.8 Å². The van der Waals surface area contributed by atoms with Crippen molar-refractivity contribution in [3.05, 3.63) is 29.3 Å². The van der Waals surface area contributed by atoms with E-state index in [4.69, 9.17) is 22.1 Å². The number of piperidine rings is 1. The molecule has 104 valence electrons. The molecular formula is C14H19ClN2O2. The summed E-state index contributed by atoms with van der Waals surface area (Å²) in [5.41, 5.74) is 5.64. The lowest BCUT2D eigenvalue weighted by atomic mass is 10.1. The van der Waals surface area contributed by atoms with E-state index in [0.29, 0.717) is 17.3 Å². The molecule has 2 rings (SSSR count). The molecule has 2 atom stereocenters. The van der Waals surface area contributed by atoms with Gasteiger partial charge in [0.25, 0.3) is 0 Å². The summed E-state index contributed by atoms with van der Waals surface area (Å²) in [7, 11) is 0. The molecule has 1 amide bonds. The number of para-hydroxylation sites is 1. The molecule has 0 radical (unpaired) electrons. The van der Waals surface area contributed by atoms with Crippen molar-refractivity contribution in [3.63, 3.8) is 0 Å². The molecule has 0 saturated carbocycles. The van der Waals surface area contributed by atoms with Gasteiger partial charge in [-0.25, -0.2) is 0 Å². The predicted molar refractivity (Wildman–Crippen MR) is 75.3 cm³/mol. The van der Waals surface area contributed by atoms with E-state index in [1.165, 1.54) is 0 Å². The van der Waals surface area contributed by atoms with Crippen LogP contribution in [0, 0.1) is 0 Å². The summed E-state index contributed by atoms with van der Waals surface area (Å²) >= 11 is 6.07. The molecule has 0 bridgehead atoms. The highest BCUT2D eigenvalue weighted by Crippen LogP contribution is 2.26. The standard InChI is InChI=1S/C14H19ClN2O2/c1-10(16)14(18)17-8-4-5-11(9-17)19-13-7-3-2-6-12(13)15/h2-3,6-7,10-11H,4-5,8-9,16H2,1H3/t10-,11-/m0/s1. The van der Waals surface area contributed by atoms with E-state index < -0.39 is 6.04 Å². The first kappa shape index (κ1) is 14.2. The number of amides is 1. The quantitative estimate of drug-likeness (QED) is 0.923. The van der Waals surface area contributed by atoms with Crippen LogP contribution in [0.3, 0.4) is 0 Å². The largest absolute Gasteiger partial charge is 0.487 e. The number of halogens is 1. The summed E-state index contributed by atoms with van der Waals surface area (Å²) in [4.78, 5) is 13.7. The van der Waals surface area contributed by atoms with Gasteiger partial charge in [-0.05, 0) is 31.9 Å². The van der Waals surface area contributed by atoms with Crippen molar-refractivity contribution in [1.82, 2.24) is 4.90 Å². The third-order valence-corrected chi connectivity index (χ3v) is 3.52. The van der Waals surface area contributed by atoms with Crippen molar-refractivity contribution in [3.8, 4) is 5.75 Å². The first-order valence-corrected chi connectivity index (χ1v) is 6.91. The summed E-state index contributed by atoms with van der Waals surface area (Å²) < 4.78 is 5.88. The zero-order chi connectivity index (χ0) is 13.8. The molecule has 1 saturated heterocycles. The van der Waals surface area contributed by atoms with Gasteiger partial charge in [0.15, 0.2) is 0 Å². The number of nitrogens with two attached hydrogens (primary N) is 1. The molecule has 0 spiro atoms. The highest BCUT2D eigenvalue weighted by atomic mass is 35.5. The fourth-order valence-electron chi connectivity index (χ4n) is 2.24. The van der Waals surface area contributed by atoms with E-state index in [9.17, 15) is 4.79 Å². The summed E-state index contributed by atoms with van der Waals surface area (Å²) in [6.07, 6.45) is 1.83. The number of nitrogens with zero attached hydrogens (tertiary/aromatic N) is 1. The van der Waals surface area contributed by atoms with Crippen molar-refractivity contribution in [2.45, 2.75) is 31.9 Å². The van der Waals surface area contributed by atoms with Crippen LogP contribution in [0.4, 0.5) is 0 Å². The maximum absolute atomic E-state index is 11.9. The van der Waals surface area contributed by atoms with Gasteiger partial charge in [-0.3, -0.25) is 4.79 Å². The van der Waals surface area contributed by atoms with E-state index >= 15 is 0 Å². The molecule has 1 heterocycles. The molecule has 1 aliphatic rings. The third kappa shape index (κ3) is 3.61. The van der Waals surface area contributed by atoms with Crippen molar-refractivity contribution in [2.75, 3.05) is 13.1 Å². The van der Waals surface area contributed by atoms with Crippen LogP contribution in [0.5, 0.6) is 5.75 Å². The maximum atomic E-state index is 11.9. The Morgan fingerprint density at radius 3 is 2.95 bits per heavy atom. The van der Waals surface area contributed by atoms with Gasteiger partial charge in [0.2, 0.25) is 5.91 Å². The lowest BCUT2D eigenvalue weighted by molar-refractivity contribution is -0.134. The predicted octanol–water partition coefficient (Wildman–Crippen LogP) is 2.06. The van der Waals surface area contributed by atoms with Gasteiger partial charge in [0.1, 0.15) is 11.9 Å². The first-order chi connectivity index (χ1) is 9.08. The Hall–Kier alpha value is -1.26. The highest BCUT2D eigenvalue weighted by molar-refractivity contribution is 6.32. The second-order valence-corrected chi connectivity index (χ2v) is 5.29. The average molecular weight is 283 g/mol. The molecule has 1 aromatic carbocycles. The summed E-state index contributed by atoms with van der Waals surface area (Å²) in [6, 6.07) is 6.93. The number of hydrogen-bond donors (Lipinski definition) is 1. The number of hydrogen-bond acceptors (Lipinski definition) is 3. The third-order valence-electron chi connectivity index (χ3n) is 3.21. The minimum absolute atomic E-state index is 0.0173. The number of carbonyl (C=O) groups is 1. The molecular weight excluding hydrogens is 264 g/mol. The van der Waals surface area contributed by atoms with Gasteiger partial charge >= 0.3 is 0 Å². The lowest BCUT2D eigenvalue weighted by Gasteiger charge is -2.34. The Morgan fingerprint density at radius 2 is 2.26 bits per heavy atom. The van der Waals surface area contributed by atoms with E-state index in [0.717, 1.165) is 19.4 Å². The van der Waals surface area contributed by atoms with Gasteiger partial charge in [0, 0.05) is 6.54 Å². The van der Waals surface area contributed by atoms with E-state index in [1.807, 2.05) is 18.2 Å². The van der Waals surface area contributed by atoms with Crippen LogP contribution >= 0.6 is 11.6 Å². The summed E-state index contributed by atoms with van der Waals surface area (Å²) in [6.45, 7) is 3.04. The topological polar surface area (TPSA) is 55.6 Å². The molecule has 0 unspecified atom stereocenters. The minimum atomic E-state index is -0.459. The summed E-state index contributed by atoms with van der Waals surface area (Å²) in [5, 5.41) is 0.596. The van der Waals surface area contributed by atoms with Gasteiger partial charge in [-0.2, -0.15) is 0 Å². The minimum Gasteiger partial charge on any atom is -0.487 e. The van der Waals surface area contributed by atoms with E-state index in [2.05, 4.69) is 0 Å². The van der Waals surface area contributed by atoms with E-state index in [1.54, 1.807) is 17.9 Å². The van der Waals surface area contributed by atoms with E-state index in [-0.39, 0.29) is 12.0 Å². The van der Waals surface area contributed by atoms with Crippen LogP contribution in [0.25, 0.3) is 0 Å². The van der Waals surface area contributed by atoms with Gasteiger partial charge in [-0.15, -0.1) is 0 Å². The molecule has 2 N–H and O–H groups in total. The second-order valence-electron chi connectivity index (χ2n) is 4.89. The van der Waals surface area contributed by atoms with Crippen LogP contribution in [-0.4, -0.2) is 36.0 Å². The molecule has 1 aliphatic heterocycles. The Bertz CT molecular complexity index is 451. The van der Waals surface area contributed by atoms with Crippen LogP contribution in [0.15, 0.2) is 24.3 Å². The second kappa shape index (κ2) is 6.26. The SMILES string of the molecule is C[C@H](N)C(=O)N1CCC[C@H](Oc2ccccc2Cl)C1. The number of likely N-dealkylation sites (tertiary alicyclic amines) is 1. The fourth-order valence-corrected chi connectivity index (χ4v) is 2.42. The lowest BCUT2D eigenvalue weighted by Crippen LogP contribution is -2.49. The Balaban J connectivity index is 1.98. The van der Waals surface area contributed by atoms with Gasteiger partial charge in [0.05, 0.1) is 17.6 Å². The number of rotatable bonds is 3. The number of ether oxygens (including phenoxy) is 1.